The van der Waals surface area contributed by atoms with Crippen LogP contribution < -0.4 is 0 Å². The van der Waals surface area contributed by atoms with Gasteiger partial charge in [-0.25, -0.2) is 54.9 Å². The van der Waals surface area contributed by atoms with Crippen molar-refractivity contribution in [2.45, 2.75) is 211 Å². The summed E-state index contributed by atoms with van der Waals surface area (Å²) in [6, 6.07) is 76.4. The summed E-state index contributed by atoms with van der Waals surface area (Å²) in [5, 5.41) is 0.438. The normalized spacial score (nSPS) is 22.8. The summed E-state index contributed by atoms with van der Waals surface area (Å²) >= 11 is 6.37. The lowest BCUT2D eigenvalue weighted by atomic mass is 9.77. The molecule has 0 radical (unpaired) electrons. The molecule has 0 spiro atoms. The van der Waals surface area contributed by atoms with Crippen LogP contribution in [0.1, 0.15) is 185 Å². The first-order chi connectivity index (χ1) is 65.7. The highest BCUT2D eigenvalue weighted by atomic mass is 35.5. The van der Waals surface area contributed by atoms with E-state index in [0.29, 0.717) is 16.1 Å². The van der Waals surface area contributed by atoms with E-state index in [1.165, 1.54) is 56.2 Å². The van der Waals surface area contributed by atoms with Gasteiger partial charge in [-0.05, 0) is 222 Å². The molecule has 12 aromatic carbocycles. The molecule has 138 heavy (non-hydrogen) atoms. The highest BCUT2D eigenvalue weighted by Crippen LogP contribution is 2.54. The van der Waals surface area contributed by atoms with Crippen LogP contribution in [0.3, 0.4) is 0 Å². The first-order valence-corrected chi connectivity index (χ1v) is 55.7. The van der Waals surface area contributed by atoms with E-state index in [4.69, 9.17) is 11.6 Å². The number of benzene rings is 12. The summed E-state index contributed by atoms with van der Waals surface area (Å²) in [6.07, 6.45) is 2.29. The molecule has 12 aromatic rings. The van der Waals surface area contributed by atoms with E-state index >= 15 is 4.39 Å². The average Bonchev–Trinajstić information content (AvgIpc) is 0.727. The lowest BCUT2D eigenvalue weighted by Gasteiger charge is -2.51. The predicted octanol–water partition coefficient (Wildman–Crippen LogP) is 20.3. The van der Waals surface area contributed by atoms with Gasteiger partial charge in [0.1, 0.15) is 23.2 Å². The van der Waals surface area contributed by atoms with Crippen molar-refractivity contribution >= 4 is 89.1 Å². The Morgan fingerprint density at radius 3 is 0.790 bits per heavy atom. The van der Waals surface area contributed by atoms with Crippen molar-refractivity contribution in [2.75, 3.05) is 19.6 Å². The number of hydrogen-bond acceptors (Lipinski definition) is 15. The summed E-state index contributed by atoms with van der Waals surface area (Å²) in [6.45, 7) is 18.9. The lowest BCUT2D eigenvalue weighted by molar-refractivity contribution is -0.133. The van der Waals surface area contributed by atoms with Crippen molar-refractivity contribution in [3.8, 4) is 0 Å². The van der Waals surface area contributed by atoms with Crippen molar-refractivity contribution in [1.82, 2.24) is 25.8 Å². The van der Waals surface area contributed by atoms with E-state index in [1.807, 2.05) is 159 Å². The van der Waals surface area contributed by atoms with E-state index in [0.717, 1.165) is 91.6 Å². The molecule has 29 heteroatoms. The van der Waals surface area contributed by atoms with Crippen LogP contribution in [0.2, 0.25) is 5.02 Å². The molecule has 18 rings (SSSR count). The molecular formula is C109H114ClFN6O15S6. The Hall–Kier alpha value is -10.7. The third kappa shape index (κ3) is 20.4. The molecule has 6 saturated heterocycles. The first kappa shape index (κ1) is 100. The van der Waals surface area contributed by atoms with E-state index < -0.39 is 138 Å². The summed E-state index contributed by atoms with van der Waals surface area (Å²) in [4.78, 5) is 42.8. The van der Waals surface area contributed by atoms with Crippen molar-refractivity contribution in [2.24, 2.45) is 17.8 Å². The number of carbonyl (C=O) groups is 3. The third-order valence-corrected chi connectivity index (χ3v) is 40.0. The van der Waals surface area contributed by atoms with Gasteiger partial charge in [-0.2, -0.15) is 25.8 Å². The highest BCUT2D eigenvalue weighted by Gasteiger charge is 2.59. The lowest BCUT2D eigenvalue weighted by Crippen LogP contribution is -2.61. The number of aryl methyl sites for hydroxylation is 10. The zero-order chi connectivity index (χ0) is 98.4. The Kier molecular flexibility index (Phi) is 29.7. The monoisotopic (exact) mass is 1990 g/mol. The van der Waals surface area contributed by atoms with E-state index in [9.17, 15) is 64.9 Å². The number of sulfonamides is 6. The fraction of sp³-hybridized carbons (Fsp3) is 0.312. The molecule has 0 unspecified atom stereocenters. The second-order valence-corrected chi connectivity index (χ2v) is 48.9. The van der Waals surface area contributed by atoms with Gasteiger partial charge in [0.2, 0.25) is 60.1 Å². The maximum atomic E-state index is 15.4. The van der Waals surface area contributed by atoms with Gasteiger partial charge in [0.25, 0.3) is 0 Å². The van der Waals surface area contributed by atoms with E-state index in [-0.39, 0.29) is 110 Å². The largest absolute Gasteiger partial charge is 0.299 e. The molecule has 0 bridgehead atoms. The van der Waals surface area contributed by atoms with Crippen molar-refractivity contribution in [3.05, 3.63) is 391 Å². The highest BCUT2D eigenvalue weighted by molar-refractivity contribution is 7.90. The van der Waals surface area contributed by atoms with Gasteiger partial charge in [-0.3, -0.25) is 14.4 Å². The average molecular weight is 1990 g/mol. The van der Waals surface area contributed by atoms with Gasteiger partial charge in [0, 0.05) is 85.4 Å². The van der Waals surface area contributed by atoms with Gasteiger partial charge in [0.15, 0.2) is 0 Å². The second kappa shape index (κ2) is 40.9. The Morgan fingerprint density at radius 2 is 0.514 bits per heavy atom. The molecule has 6 fully saturated rings. The SMILES string of the molecule is CCc1ccc([C@@H]2C[C@H]3[C@@H](CN2S(=O)(=O)c2ccc(C)cc2)C(=O)C[C@@H](c2ccc(C)cc2)N3S(=O)(=O)c2ccc(C)cc2)cc1.CCc1ccc([C@@H]2C[C@H]3[C@@H](CN2S(=O)(=O)c2ccc(C)cc2)C(=O)C[C@@H](c2cccc(Cl)c2)N3S(=O)(=O)c2ccc(C)cc2)cc1.CCc1ccc([C@@H]2C[C@H]3[C@@H](CN2S(=O)(=O)c2ccc(C)cc2)C(=O)C[C@@H](c2ccccc2F)N3S(=O)(=O)c2ccc(C)cc2)cc1. The standard InChI is InChI=1S/C37H40N2O5S2.C36H37ClN2O5S2.C36H37FN2O5S2/c1-5-28-12-16-29(17-13-28)34-22-36-33(24-38(34)45(41,42)31-18-8-26(3)9-19-31)37(40)23-35(30-14-6-25(2)7-15-30)39(36)46(43,44)32-20-10-27(4)11-21-32;1-4-26-12-14-27(15-13-26)33-21-35-32(23-38(33)45(41,42)30-16-8-24(2)9-17-30)36(40)22-34(28-6-5-7-29(37)20-28)39(35)46(43,44)31-18-10-25(3)11-19-31;1-4-26-13-15-27(16-14-26)33-21-34-31(23-38(33)45(41,42)28-17-9-24(2)10-18-28)36(40)22-35(30-7-5-6-8-32(30)37)39(34)46(43,44)29-19-11-25(3)12-20-29/h6-21,33-36H,5,22-24H2,1-4H3;5-20,32-35H,4,21-23H2,1-3H3;5-20,31,33-35H,4,21-23H2,1-3H3/t33-,34+,35+,36+;32-,33+,34+,35+;31-,33+,34+,35+/m111/s1. The van der Waals surface area contributed by atoms with Gasteiger partial charge in [0.05, 0.1) is 65.6 Å². The Labute approximate surface area is 817 Å². The summed E-state index contributed by atoms with van der Waals surface area (Å²) < 4.78 is 197. The number of carbonyl (C=O) groups excluding carboxylic acids is 3. The fourth-order valence-corrected chi connectivity index (χ4v) is 31.0. The molecule has 0 saturated carbocycles. The number of nitrogens with zero attached hydrogens (tertiary/aromatic N) is 6. The number of Topliss-reactive ketones (excluding diaryl/α,β-unsaturated/α-hetero) is 3. The molecule has 0 aromatic heterocycles. The van der Waals surface area contributed by atoms with Crippen molar-refractivity contribution < 1.29 is 69.3 Å². The van der Waals surface area contributed by atoms with Crippen LogP contribution in [0, 0.1) is 72.0 Å². The zero-order valence-corrected chi connectivity index (χ0v) is 84.3. The fourth-order valence-electron chi connectivity index (χ4n) is 20.4. The molecule has 12 atom stereocenters. The van der Waals surface area contributed by atoms with Crippen LogP contribution in [-0.2, 0) is 93.8 Å². The number of fused-ring (bicyclic) bond motifs is 3. The second-order valence-electron chi connectivity index (χ2n) is 37.2. The summed E-state index contributed by atoms with van der Waals surface area (Å²) in [5.74, 6) is -3.83. The predicted molar refractivity (Wildman–Crippen MR) is 533 cm³/mol. The maximum Gasteiger partial charge on any atom is 0.243 e. The Morgan fingerprint density at radius 1 is 0.275 bits per heavy atom. The molecule has 0 amide bonds. The van der Waals surface area contributed by atoms with Crippen LogP contribution in [0.4, 0.5) is 4.39 Å². The van der Waals surface area contributed by atoms with Crippen LogP contribution in [-0.4, -0.2) is 131 Å². The van der Waals surface area contributed by atoms with E-state index in [2.05, 4.69) is 6.92 Å². The van der Waals surface area contributed by atoms with Crippen molar-refractivity contribution in [1.29, 1.82) is 0 Å². The number of hydrogen-bond donors (Lipinski definition) is 0. The number of ketones is 3. The molecule has 6 aliphatic rings. The quantitative estimate of drug-likeness (QED) is 0.0646. The van der Waals surface area contributed by atoms with Crippen LogP contribution >= 0.6 is 11.6 Å². The maximum absolute atomic E-state index is 15.4. The molecule has 6 aliphatic heterocycles. The molecule has 21 nitrogen and oxygen atoms in total. The van der Waals surface area contributed by atoms with E-state index in [1.54, 1.807) is 164 Å². The molecule has 720 valence electrons. The topological polar surface area (TPSA) is 275 Å². The van der Waals surface area contributed by atoms with Crippen LogP contribution in [0.25, 0.3) is 0 Å². The number of piperidine rings is 6. The minimum atomic E-state index is -4.27. The minimum Gasteiger partial charge on any atom is -0.299 e. The number of rotatable bonds is 21. The zero-order valence-electron chi connectivity index (χ0n) is 78.6. The van der Waals surface area contributed by atoms with Gasteiger partial charge in [-0.1, -0.05) is 272 Å². The number of halogens is 2. The van der Waals surface area contributed by atoms with Crippen molar-refractivity contribution in [3.63, 3.8) is 0 Å². The Bertz CT molecular complexity index is 7250. The smallest absolute Gasteiger partial charge is 0.243 e. The minimum absolute atomic E-state index is 0.0169. The van der Waals surface area contributed by atoms with Gasteiger partial charge < -0.3 is 0 Å². The van der Waals surface area contributed by atoms with Crippen LogP contribution in [0.5, 0.6) is 0 Å². The van der Waals surface area contributed by atoms with Gasteiger partial charge >= 0.3 is 0 Å². The van der Waals surface area contributed by atoms with Crippen LogP contribution in [0.15, 0.2) is 321 Å². The molecule has 0 aliphatic carbocycles. The Balaban J connectivity index is 0.000000150. The van der Waals surface area contributed by atoms with Gasteiger partial charge in [-0.15, -0.1) is 0 Å². The summed E-state index contributed by atoms with van der Waals surface area (Å²) in [5.41, 5.74) is 13.5. The molecular weight excluding hydrogens is 1880 g/mol. The third-order valence-electron chi connectivity index (χ3n) is 28.2. The molecule has 0 N–H and O–H groups in total. The first-order valence-electron chi connectivity index (χ1n) is 46.7. The molecule has 6 heterocycles. The summed E-state index contributed by atoms with van der Waals surface area (Å²) in [7, 11) is -24.7.